The molecule has 2 N–H and O–H groups in total. The second-order valence-corrected chi connectivity index (χ2v) is 5.45. The van der Waals surface area contributed by atoms with Gasteiger partial charge in [-0.05, 0) is 28.8 Å². The van der Waals surface area contributed by atoms with Crippen LogP contribution in [0.3, 0.4) is 0 Å². The Labute approximate surface area is 140 Å². The topological polar surface area (TPSA) is 71.8 Å². The second kappa shape index (κ2) is 7.92. The molecule has 2 aromatic heterocycles. The van der Waals surface area contributed by atoms with Gasteiger partial charge in [0.15, 0.2) is 0 Å². The van der Waals surface area contributed by atoms with E-state index in [1.807, 2.05) is 35.0 Å². The Balaban J connectivity index is 1.48. The summed E-state index contributed by atoms with van der Waals surface area (Å²) < 4.78 is 2.01. The van der Waals surface area contributed by atoms with Crippen LogP contribution in [-0.4, -0.2) is 20.6 Å². The number of carbonyl (C=O) groups excluding carboxylic acids is 1. The molecular weight excluding hydrogens is 302 g/mol. The number of urea groups is 1. The van der Waals surface area contributed by atoms with Crippen molar-refractivity contribution in [2.75, 3.05) is 0 Å². The molecule has 3 rings (SSSR count). The summed E-state index contributed by atoms with van der Waals surface area (Å²) in [6.45, 7) is 1.73. The first-order valence-electron chi connectivity index (χ1n) is 7.74. The van der Waals surface area contributed by atoms with Crippen molar-refractivity contribution in [3.8, 4) is 0 Å². The van der Waals surface area contributed by atoms with E-state index < -0.39 is 0 Å². The number of aromatic nitrogens is 3. The first-order chi connectivity index (χ1) is 11.8. The monoisotopic (exact) mass is 321 g/mol. The zero-order valence-corrected chi connectivity index (χ0v) is 13.2. The molecule has 0 unspecified atom stereocenters. The lowest BCUT2D eigenvalue weighted by molar-refractivity contribution is 0.240. The summed E-state index contributed by atoms with van der Waals surface area (Å²) in [5.74, 6) is 0. The summed E-state index contributed by atoms with van der Waals surface area (Å²) in [6, 6.07) is 11.7. The molecule has 3 aromatic rings. The Morgan fingerprint density at radius 2 is 1.67 bits per heavy atom. The summed E-state index contributed by atoms with van der Waals surface area (Å²) >= 11 is 0. The standard InChI is InChI=1S/C18H19N5O/c24-18(21-11-15-4-6-19-7-5-15)22-12-16-2-1-3-17(10-16)13-23-9-8-20-14-23/h1-10,14H,11-13H2,(H2,21,22,24). The third-order valence-electron chi connectivity index (χ3n) is 3.57. The molecule has 0 spiro atoms. The maximum Gasteiger partial charge on any atom is 0.315 e. The van der Waals surface area contributed by atoms with Gasteiger partial charge in [-0.2, -0.15) is 0 Å². The van der Waals surface area contributed by atoms with Crippen LogP contribution < -0.4 is 10.6 Å². The second-order valence-electron chi connectivity index (χ2n) is 5.45. The van der Waals surface area contributed by atoms with Gasteiger partial charge in [0.25, 0.3) is 0 Å². The molecule has 2 amide bonds. The molecule has 0 aliphatic heterocycles. The summed E-state index contributed by atoms with van der Waals surface area (Å²) in [5, 5.41) is 5.70. The Morgan fingerprint density at radius 3 is 2.42 bits per heavy atom. The van der Waals surface area contributed by atoms with Crippen molar-refractivity contribution < 1.29 is 4.79 Å². The average Bonchev–Trinajstić information content (AvgIpc) is 3.12. The van der Waals surface area contributed by atoms with Gasteiger partial charge < -0.3 is 15.2 Å². The lowest BCUT2D eigenvalue weighted by Gasteiger charge is -2.09. The Morgan fingerprint density at radius 1 is 0.917 bits per heavy atom. The third-order valence-corrected chi connectivity index (χ3v) is 3.57. The van der Waals surface area contributed by atoms with Crippen LogP contribution in [0.5, 0.6) is 0 Å². The number of hydrogen-bond donors (Lipinski definition) is 2. The van der Waals surface area contributed by atoms with Crippen molar-refractivity contribution in [3.05, 3.63) is 84.2 Å². The molecular formula is C18H19N5O. The molecule has 2 heterocycles. The maximum absolute atomic E-state index is 11.9. The molecule has 24 heavy (non-hydrogen) atoms. The predicted octanol–water partition coefficient (Wildman–Crippen LogP) is 2.33. The van der Waals surface area contributed by atoms with Gasteiger partial charge in [-0.15, -0.1) is 0 Å². The smallest absolute Gasteiger partial charge is 0.315 e. The number of hydrogen-bond acceptors (Lipinski definition) is 3. The Kier molecular flexibility index (Phi) is 5.19. The van der Waals surface area contributed by atoms with Crippen molar-refractivity contribution in [1.82, 2.24) is 25.2 Å². The number of pyridine rings is 1. The number of imidazole rings is 1. The summed E-state index contributed by atoms with van der Waals surface area (Å²) in [7, 11) is 0. The minimum atomic E-state index is -0.188. The van der Waals surface area contributed by atoms with Crippen LogP contribution in [0.2, 0.25) is 0 Å². The first kappa shape index (κ1) is 15.7. The van der Waals surface area contributed by atoms with Crippen LogP contribution in [0.25, 0.3) is 0 Å². The van der Waals surface area contributed by atoms with E-state index in [4.69, 9.17) is 0 Å². The van der Waals surface area contributed by atoms with Gasteiger partial charge in [0.2, 0.25) is 0 Å². The van der Waals surface area contributed by atoms with Gasteiger partial charge in [-0.1, -0.05) is 24.3 Å². The molecule has 0 radical (unpaired) electrons. The lowest BCUT2D eigenvalue weighted by atomic mass is 10.1. The van der Waals surface area contributed by atoms with Gasteiger partial charge in [0.05, 0.1) is 6.33 Å². The number of nitrogens with one attached hydrogen (secondary N) is 2. The Bertz CT molecular complexity index is 771. The zero-order valence-electron chi connectivity index (χ0n) is 13.2. The molecule has 0 saturated heterocycles. The molecule has 0 aliphatic carbocycles. The van der Waals surface area contributed by atoms with Gasteiger partial charge in [-0.25, -0.2) is 9.78 Å². The van der Waals surface area contributed by atoms with Crippen LogP contribution in [0.1, 0.15) is 16.7 Å². The van der Waals surface area contributed by atoms with Crippen LogP contribution in [0, 0.1) is 0 Å². The van der Waals surface area contributed by atoms with Gasteiger partial charge >= 0.3 is 6.03 Å². The lowest BCUT2D eigenvalue weighted by Crippen LogP contribution is -2.34. The summed E-state index contributed by atoms with van der Waals surface area (Å²) in [4.78, 5) is 19.9. The van der Waals surface area contributed by atoms with Gasteiger partial charge in [0.1, 0.15) is 0 Å². The van der Waals surface area contributed by atoms with E-state index in [2.05, 4.69) is 32.7 Å². The van der Waals surface area contributed by atoms with Crippen molar-refractivity contribution in [3.63, 3.8) is 0 Å². The van der Waals surface area contributed by atoms with E-state index in [1.54, 1.807) is 24.9 Å². The fourth-order valence-electron chi connectivity index (χ4n) is 2.36. The van der Waals surface area contributed by atoms with Crippen LogP contribution in [-0.2, 0) is 19.6 Å². The highest BCUT2D eigenvalue weighted by atomic mass is 16.2. The van der Waals surface area contributed by atoms with E-state index in [0.717, 1.165) is 17.7 Å². The van der Waals surface area contributed by atoms with Crippen molar-refractivity contribution in [1.29, 1.82) is 0 Å². The van der Waals surface area contributed by atoms with Crippen molar-refractivity contribution in [2.24, 2.45) is 0 Å². The molecule has 0 fully saturated rings. The van der Waals surface area contributed by atoms with Gasteiger partial charge in [-0.3, -0.25) is 4.98 Å². The highest BCUT2D eigenvalue weighted by Crippen LogP contribution is 2.07. The molecule has 122 valence electrons. The molecule has 0 saturated carbocycles. The van der Waals surface area contributed by atoms with Crippen LogP contribution in [0.15, 0.2) is 67.5 Å². The number of benzene rings is 1. The summed E-state index contributed by atoms with van der Waals surface area (Å²) in [5.41, 5.74) is 3.25. The number of rotatable bonds is 6. The SMILES string of the molecule is O=C(NCc1ccncc1)NCc1cccc(Cn2ccnc2)c1. The maximum atomic E-state index is 11.9. The predicted molar refractivity (Wildman–Crippen MR) is 91.1 cm³/mol. The number of amides is 2. The minimum absolute atomic E-state index is 0.188. The largest absolute Gasteiger partial charge is 0.334 e. The van der Waals surface area contributed by atoms with Crippen molar-refractivity contribution in [2.45, 2.75) is 19.6 Å². The number of nitrogens with zero attached hydrogens (tertiary/aromatic N) is 3. The quantitative estimate of drug-likeness (QED) is 0.732. The average molecular weight is 321 g/mol. The summed E-state index contributed by atoms with van der Waals surface area (Å²) in [6.07, 6.45) is 8.90. The van der Waals surface area contributed by atoms with Gasteiger partial charge in [0, 0.05) is 44.4 Å². The molecule has 0 bridgehead atoms. The first-order valence-corrected chi connectivity index (χ1v) is 7.74. The van der Waals surface area contributed by atoms with Crippen LogP contribution in [0.4, 0.5) is 4.79 Å². The molecule has 1 aromatic carbocycles. The van der Waals surface area contributed by atoms with E-state index in [9.17, 15) is 4.79 Å². The molecule has 6 nitrogen and oxygen atoms in total. The highest BCUT2D eigenvalue weighted by Gasteiger charge is 2.02. The molecule has 0 atom stereocenters. The minimum Gasteiger partial charge on any atom is -0.334 e. The third kappa shape index (κ3) is 4.67. The highest BCUT2D eigenvalue weighted by molar-refractivity contribution is 5.73. The molecule has 0 aliphatic rings. The fraction of sp³-hybridized carbons (Fsp3) is 0.167. The normalized spacial score (nSPS) is 10.3. The Hall–Kier alpha value is -3.15. The van der Waals surface area contributed by atoms with E-state index >= 15 is 0 Å². The van der Waals surface area contributed by atoms with E-state index in [0.29, 0.717) is 13.1 Å². The number of carbonyl (C=O) groups is 1. The molecule has 6 heteroatoms. The zero-order chi connectivity index (χ0) is 16.6. The van der Waals surface area contributed by atoms with E-state index in [-0.39, 0.29) is 6.03 Å². The fourth-order valence-corrected chi connectivity index (χ4v) is 2.36. The van der Waals surface area contributed by atoms with Crippen LogP contribution >= 0.6 is 0 Å². The van der Waals surface area contributed by atoms with E-state index in [1.165, 1.54) is 5.56 Å². The van der Waals surface area contributed by atoms with Crippen molar-refractivity contribution >= 4 is 6.03 Å².